The van der Waals surface area contributed by atoms with E-state index in [1.165, 1.54) is 19.5 Å². The Morgan fingerprint density at radius 2 is 2.21 bits per heavy atom. The average molecular weight is 400 g/mol. The Morgan fingerprint density at radius 1 is 1.39 bits per heavy atom. The molecule has 28 heavy (non-hydrogen) atoms. The van der Waals surface area contributed by atoms with Gasteiger partial charge in [0.05, 0.1) is 24.0 Å². The van der Waals surface area contributed by atoms with Crippen LogP contribution in [0, 0.1) is 12.3 Å². The van der Waals surface area contributed by atoms with Crippen molar-refractivity contribution in [1.82, 2.24) is 19.5 Å². The minimum absolute atomic E-state index is 0.0315. The smallest absolute Gasteiger partial charge is 0.338 e. The number of fused-ring (bicyclic) bond motifs is 1. The summed E-state index contributed by atoms with van der Waals surface area (Å²) in [5.41, 5.74) is 7.18. The van der Waals surface area contributed by atoms with E-state index in [-0.39, 0.29) is 12.4 Å². The number of halogens is 1. The summed E-state index contributed by atoms with van der Waals surface area (Å²) in [5, 5.41) is 0.457. The van der Waals surface area contributed by atoms with Gasteiger partial charge in [0.15, 0.2) is 11.5 Å². The quantitative estimate of drug-likeness (QED) is 0.480. The molecule has 0 aliphatic rings. The van der Waals surface area contributed by atoms with Gasteiger partial charge in [-0.05, 0) is 18.2 Å². The van der Waals surface area contributed by atoms with E-state index in [0.717, 1.165) is 0 Å². The SMILES string of the molecule is C#CC(CC(COC(=O)c1cccc(Cl)c1)OC)n1cnc2c(N)ncnc21. The number of aromatic nitrogens is 4. The van der Waals surface area contributed by atoms with Crippen LogP contribution in [-0.2, 0) is 9.47 Å². The number of hydrogen-bond donors (Lipinski definition) is 1. The van der Waals surface area contributed by atoms with Gasteiger partial charge >= 0.3 is 5.97 Å². The van der Waals surface area contributed by atoms with Crippen molar-refractivity contribution in [3.05, 3.63) is 47.5 Å². The number of esters is 1. The molecule has 144 valence electrons. The number of carbonyl (C=O) groups excluding carboxylic acids is 1. The molecule has 2 aromatic heterocycles. The molecule has 0 spiro atoms. The van der Waals surface area contributed by atoms with E-state index in [0.29, 0.717) is 28.2 Å². The second kappa shape index (κ2) is 8.69. The lowest BCUT2D eigenvalue weighted by Crippen LogP contribution is -2.25. The van der Waals surface area contributed by atoms with Gasteiger partial charge in [-0.25, -0.2) is 19.7 Å². The van der Waals surface area contributed by atoms with E-state index < -0.39 is 18.1 Å². The number of terminal acetylenes is 1. The van der Waals surface area contributed by atoms with Crippen molar-refractivity contribution in [3.63, 3.8) is 0 Å². The normalized spacial score (nSPS) is 13.0. The predicted molar refractivity (Wildman–Crippen MR) is 105 cm³/mol. The summed E-state index contributed by atoms with van der Waals surface area (Å²) in [7, 11) is 1.53. The number of methoxy groups -OCH3 is 1. The van der Waals surface area contributed by atoms with Crippen LogP contribution in [0.4, 0.5) is 5.82 Å². The lowest BCUT2D eigenvalue weighted by atomic mass is 10.1. The molecule has 9 heteroatoms. The third-order valence-corrected chi connectivity index (χ3v) is 4.43. The molecule has 0 saturated heterocycles. The first-order valence-electron chi connectivity index (χ1n) is 8.38. The topological polar surface area (TPSA) is 105 Å². The molecule has 2 N–H and O–H groups in total. The van der Waals surface area contributed by atoms with Crippen LogP contribution in [0.2, 0.25) is 5.02 Å². The molecule has 2 atom stereocenters. The van der Waals surface area contributed by atoms with Crippen LogP contribution in [0.1, 0.15) is 22.8 Å². The fourth-order valence-electron chi connectivity index (χ4n) is 2.71. The van der Waals surface area contributed by atoms with Crippen LogP contribution in [0.25, 0.3) is 11.2 Å². The van der Waals surface area contributed by atoms with Crippen molar-refractivity contribution >= 4 is 34.6 Å². The minimum Gasteiger partial charge on any atom is -0.459 e. The van der Waals surface area contributed by atoms with Crippen molar-refractivity contribution < 1.29 is 14.3 Å². The number of carbonyl (C=O) groups is 1. The Kier molecular flexibility index (Phi) is 6.09. The summed E-state index contributed by atoms with van der Waals surface area (Å²) >= 11 is 5.90. The van der Waals surface area contributed by atoms with Gasteiger partial charge < -0.3 is 19.8 Å². The Morgan fingerprint density at radius 3 is 2.93 bits per heavy atom. The molecule has 0 radical (unpaired) electrons. The first kappa shape index (κ1) is 19.6. The molecule has 0 fully saturated rings. The van der Waals surface area contributed by atoms with E-state index in [1.807, 2.05) is 0 Å². The van der Waals surface area contributed by atoms with Crippen LogP contribution < -0.4 is 5.73 Å². The molecule has 3 aromatic rings. The molecule has 0 saturated carbocycles. The van der Waals surface area contributed by atoms with Gasteiger partial charge in [0.1, 0.15) is 18.5 Å². The van der Waals surface area contributed by atoms with Gasteiger partial charge in [0.25, 0.3) is 0 Å². The Bertz CT molecular complexity index is 1030. The van der Waals surface area contributed by atoms with Gasteiger partial charge in [0, 0.05) is 18.6 Å². The highest BCUT2D eigenvalue weighted by molar-refractivity contribution is 6.30. The standard InChI is InChI=1S/C19H18ClN5O3/c1-3-14(25-11-24-16-17(21)22-10-23-18(16)25)8-15(27-2)9-28-19(26)12-5-4-6-13(20)7-12/h1,4-7,10-11,14-15H,8-9H2,2H3,(H2,21,22,23). The van der Waals surface area contributed by atoms with Crippen LogP contribution in [-0.4, -0.2) is 45.3 Å². The zero-order valence-electron chi connectivity index (χ0n) is 15.1. The fourth-order valence-corrected chi connectivity index (χ4v) is 2.90. The first-order valence-corrected chi connectivity index (χ1v) is 8.76. The van der Waals surface area contributed by atoms with Crippen molar-refractivity contribution in [3.8, 4) is 12.3 Å². The molecule has 0 bridgehead atoms. The van der Waals surface area contributed by atoms with Gasteiger partial charge in [-0.15, -0.1) is 6.42 Å². The molecule has 3 rings (SSSR count). The molecular formula is C19H18ClN5O3. The highest BCUT2D eigenvalue weighted by atomic mass is 35.5. The van der Waals surface area contributed by atoms with Gasteiger partial charge in [-0.1, -0.05) is 23.6 Å². The predicted octanol–water partition coefficient (Wildman–Crippen LogP) is 2.50. The second-order valence-electron chi connectivity index (χ2n) is 5.97. The second-order valence-corrected chi connectivity index (χ2v) is 6.40. The number of ether oxygens (including phenoxy) is 2. The number of anilines is 1. The number of imidazole rings is 1. The Hall–Kier alpha value is -3.15. The zero-order chi connectivity index (χ0) is 20.1. The van der Waals surface area contributed by atoms with Crippen LogP contribution in [0.5, 0.6) is 0 Å². The molecule has 2 heterocycles. The number of nitrogen functional groups attached to an aromatic ring is 1. The van der Waals surface area contributed by atoms with Crippen LogP contribution in [0.15, 0.2) is 36.9 Å². The summed E-state index contributed by atoms with van der Waals surface area (Å²) in [5.74, 6) is 2.48. The summed E-state index contributed by atoms with van der Waals surface area (Å²) in [4.78, 5) is 24.5. The first-order chi connectivity index (χ1) is 13.5. The van der Waals surface area contributed by atoms with Gasteiger partial charge in [-0.2, -0.15) is 0 Å². The Balaban J connectivity index is 1.69. The monoisotopic (exact) mass is 399 g/mol. The minimum atomic E-state index is -0.490. The summed E-state index contributed by atoms with van der Waals surface area (Å²) in [6.45, 7) is 0.0315. The van der Waals surface area contributed by atoms with Crippen molar-refractivity contribution in [1.29, 1.82) is 0 Å². The number of nitrogens with zero attached hydrogens (tertiary/aromatic N) is 4. The molecule has 0 aliphatic heterocycles. The van der Waals surface area contributed by atoms with Crippen molar-refractivity contribution in [2.24, 2.45) is 0 Å². The van der Waals surface area contributed by atoms with Crippen LogP contribution >= 0.6 is 11.6 Å². The fraction of sp³-hybridized carbons (Fsp3) is 0.263. The summed E-state index contributed by atoms with van der Waals surface area (Å²) in [6, 6.07) is 6.10. The third kappa shape index (κ3) is 4.22. The molecule has 2 unspecified atom stereocenters. The number of rotatable bonds is 7. The number of benzene rings is 1. The molecule has 0 aliphatic carbocycles. The Labute approximate surface area is 166 Å². The maximum absolute atomic E-state index is 12.2. The maximum Gasteiger partial charge on any atom is 0.338 e. The van der Waals surface area contributed by atoms with E-state index in [2.05, 4.69) is 20.9 Å². The largest absolute Gasteiger partial charge is 0.459 e. The highest BCUT2D eigenvalue weighted by Crippen LogP contribution is 2.22. The molecule has 1 aromatic carbocycles. The van der Waals surface area contributed by atoms with Crippen molar-refractivity contribution in [2.75, 3.05) is 19.5 Å². The number of nitrogens with two attached hydrogens (primary N) is 1. The summed E-state index contributed by atoms with van der Waals surface area (Å²) in [6.07, 6.45) is 8.57. The zero-order valence-corrected chi connectivity index (χ0v) is 15.8. The molecule has 0 amide bonds. The highest BCUT2D eigenvalue weighted by Gasteiger charge is 2.21. The van der Waals surface area contributed by atoms with Crippen molar-refractivity contribution in [2.45, 2.75) is 18.6 Å². The molecular weight excluding hydrogens is 382 g/mol. The third-order valence-electron chi connectivity index (χ3n) is 4.20. The lowest BCUT2D eigenvalue weighted by Gasteiger charge is -2.20. The molecule has 8 nitrogen and oxygen atoms in total. The van der Waals surface area contributed by atoms with E-state index >= 15 is 0 Å². The van der Waals surface area contributed by atoms with E-state index in [1.54, 1.807) is 29.1 Å². The summed E-state index contributed by atoms with van der Waals surface area (Å²) < 4.78 is 12.5. The van der Waals surface area contributed by atoms with Gasteiger partial charge in [0.2, 0.25) is 0 Å². The average Bonchev–Trinajstić information content (AvgIpc) is 3.13. The van der Waals surface area contributed by atoms with Gasteiger partial charge in [-0.3, -0.25) is 0 Å². The number of hydrogen-bond acceptors (Lipinski definition) is 7. The maximum atomic E-state index is 12.2. The van der Waals surface area contributed by atoms with Crippen LogP contribution in [0.3, 0.4) is 0 Å². The lowest BCUT2D eigenvalue weighted by molar-refractivity contribution is 0.00526. The van der Waals surface area contributed by atoms with E-state index in [9.17, 15) is 4.79 Å². The van der Waals surface area contributed by atoms with E-state index in [4.69, 9.17) is 33.2 Å².